The summed E-state index contributed by atoms with van der Waals surface area (Å²) in [7, 11) is -0.549. The molecule has 0 atom stereocenters. The maximum absolute atomic E-state index is 12.3. The fourth-order valence-corrected chi connectivity index (χ4v) is 3.88. The second-order valence-electron chi connectivity index (χ2n) is 5.69. The predicted octanol–water partition coefficient (Wildman–Crippen LogP) is 1.17. The van der Waals surface area contributed by atoms with Crippen molar-refractivity contribution < 1.29 is 22.7 Å². The van der Waals surface area contributed by atoms with Gasteiger partial charge in [-0.2, -0.15) is 0 Å². The molecule has 1 amide bonds. The van der Waals surface area contributed by atoms with Crippen molar-refractivity contribution in [3.05, 3.63) is 53.6 Å². The highest BCUT2D eigenvalue weighted by Gasteiger charge is 2.29. The van der Waals surface area contributed by atoms with Crippen LogP contribution in [0, 0.1) is 0 Å². The van der Waals surface area contributed by atoms with Crippen molar-refractivity contribution in [3.8, 4) is 11.5 Å². The number of ether oxygens (including phenoxy) is 2. The van der Waals surface area contributed by atoms with E-state index in [0.717, 1.165) is 0 Å². The van der Waals surface area contributed by atoms with Crippen molar-refractivity contribution in [1.82, 2.24) is 10.0 Å². The smallest absolute Gasteiger partial charge is 0.263 e. The molecule has 2 aromatic carbocycles. The number of carbonyl (C=O) groups excluding carboxylic acids is 1. The van der Waals surface area contributed by atoms with E-state index in [9.17, 15) is 13.2 Å². The molecule has 0 spiro atoms. The van der Waals surface area contributed by atoms with Crippen LogP contribution >= 0.6 is 0 Å². The number of nitrogens with one attached hydrogen (secondary N) is 2. The first-order valence-electron chi connectivity index (χ1n) is 8.12. The van der Waals surface area contributed by atoms with Gasteiger partial charge in [-0.15, -0.1) is 0 Å². The van der Waals surface area contributed by atoms with Crippen LogP contribution in [-0.4, -0.2) is 47.5 Å². The minimum absolute atomic E-state index is 0.205. The zero-order valence-corrected chi connectivity index (χ0v) is 15.7. The van der Waals surface area contributed by atoms with Crippen LogP contribution in [0.15, 0.2) is 52.4 Å². The van der Waals surface area contributed by atoms with E-state index in [1.165, 1.54) is 20.3 Å². The molecule has 1 aliphatic rings. The molecule has 1 aliphatic heterocycles. The molecule has 1 heterocycles. The SMILES string of the molecule is COc1cc(OC)cc(C(=O)NCCN=C2NS(=O)(=O)c3ccccc32)c1. The van der Waals surface area contributed by atoms with Crippen molar-refractivity contribution in [3.63, 3.8) is 0 Å². The second-order valence-corrected chi connectivity index (χ2v) is 7.34. The molecule has 2 aromatic rings. The van der Waals surface area contributed by atoms with Crippen molar-refractivity contribution in [2.24, 2.45) is 4.99 Å². The van der Waals surface area contributed by atoms with Gasteiger partial charge in [0.15, 0.2) is 0 Å². The minimum Gasteiger partial charge on any atom is -0.497 e. The third-order valence-electron chi connectivity index (χ3n) is 3.94. The lowest BCUT2D eigenvalue weighted by atomic mass is 10.2. The minimum atomic E-state index is -3.56. The maximum atomic E-state index is 12.3. The highest BCUT2D eigenvalue weighted by Crippen LogP contribution is 2.23. The molecule has 3 rings (SSSR count). The van der Waals surface area contributed by atoms with Crippen molar-refractivity contribution in [1.29, 1.82) is 0 Å². The summed E-state index contributed by atoms with van der Waals surface area (Å²) in [6.45, 7) is 0.463. The Hall–Kier alpha value is -3.07. The predicted molar refractivity (Wildman–Crippen MR) is 100 cm³/mol. The zero-order chi connectivity index (χ0) is 19.4. The normalized spacial score (nSPS) is 15.7. The highest BCUT2D eigenvalue weighted by atomic mass is 32.2. The molecule has 2 N–H and O–H groups in total. The number of aliphatic imine (C=N–C) groups is 1. The first-order chi connectivity index (χ1) is 12.9. The highest BCUT2D eigenvalue weighted by molar-refractivity contribution is 7.90. The fourth-order valence-electron chi connectivity index (χ4n) is 2.63. The molecule has 0 radical (unpaired) electrons. The van der Waals surface area contributed by atoms with E-state index in [4.69, 9.17) is 9.47 Å². The van der Waals surface area contributed by atoms with Crippen LogP contribution in [0.4, 0.5) is 0 Å². The summed E-state index contributed by atoms with van der Waals surface area (Å²) < 4.78 is 36.8. The molecule has 0 unspecified atom stereocenters. The Morgan fingerprint density at radius 1 is 1.11 bits per heavy atom. The number of methoxy groups -OCH3 is 2. The number of nitrogens with zero attached hydrogens (tertiary/aromatic N) is 1. The Balaban J connectivity index is 1.64. The average molecular weight is 389 g/mol. The van der Waals surface area contributed by atoms with Crippen LogP contribution in [0.1, 0.15) is 15.9 Å². The molecule has 0 aliphatic carbocycles. The van der Waals surface area contributed by atoms with Gasteiger partial charge in [-0.05, 0) is 24.3 Å². The van der Waals surface area contributed by atoms with Gasteiger partial charge in [0, 0.05) is 23.7 Å². The molecular formula is C18H19N3O5S. The Labute approximate surface area is 157 Å². The van der Waals surface area contributed by atoms with Gasteiger partial charge in [-0.1, -0.05) is 12.1 Å². The largest absolute Gasteiger partial charge is 0.497 e. The molecule has 27 heavy (non-hydrogen) atoms. The number of carbonyl (C=O) groups is 1. The summed E-state index contributed by atoms with van der Waals surface area (Å²) in [5, 5.41) is 2.74. The average Bonchev–Trinajstić information content (AvgIpc) is 2.95. The Morgan fingerprint density at radius 3 is 2.44 bits per heavy atom. The molecule has 142 valence electrons. The Kier molecular flexibility index (Phi) is 5.31. The van der Waals surface area contributed by atoms with Crippen molar-refractivity contribution >= 4 is 21.8 Å². The molecule has 0 bridgehead atoms. The third-order valence-corrected chi connectivity index (χ3v) is 5.34. The Bertz CT molecular complexity index is 980. The van der Waals surface area contributed by atoms with Gasteiger partial charge in [0.05, 0.1) is 25.7 Å². The van der Waals surface area contributed by atoms with E-state index in [2.05, 4.69) is 15.0 Å². The second kappa shape index (κ2) is 7.67. The van der Waals surface area contributed by atoms with E-state index in [1.807, 2.05) is 0 Å². The van der Waals surface area contributed by atoms with Crippen LogP contribution < -0.4 is 19.5 Å². The molecule has 0 saturated carbocycles. The van der Waals surface area contributed by atoms with Gasteiger partial charge in [-0.25, -0.2) is 8.42 Å². The summed E-state index contributed by atoms with van der Waals surface area (Å²) >= 11 is 0. The molecular weight excluding hydrogens is 370 g/mol. The lowest BCUT2D eigenvalue weighted by Crippen LogP contribution is -2.27. The molecule has 9 heteroatoms. The maximum Gasteiger partial charge on any atom is 0.263 e. The van der Waals surface area contributed by atoms with Crippen molar-refractivity contribution in [2.45, 2.75) is 4.90 Å². The summed E-state index contributed by atoms with van der Waals surface area (Å²) in [6.07, 6.45) is 0. The van der Waals surface area contributed by atoms with E-state index >= 15 is 0 Å². The summed E-state index contributed by atoms with van der Waals surface area (Å²) in [5.74, 6) is 0.996. The van der Waals surface area contributed by atoms with E-state index in [1.54, 1.807) is 36.4 Å². The molecule has 8 nitrogen and oxygen atoms in total. The summed E-state index contributed by atoms with van der Waals surface area (Å²) in [6, 6.07) is 11.5. The lowest BCUT2D eigenvalue weighted by Gasteiger charge is -2.08. The molecule has 0 saturated heterocycles. The Morgan fingerprint density at radius 2 is 1.78 bits per heavy atom. The summed E-state index contributed by atoms with van der Waals surface area (Å²) in [5.41, 5.74) is 0.923. The number of benzene rings is 2. The van der Waals surface area contributed by atoms with Gasteiger partial charge in [0.25, 0.3) is 15.9 Å². The number of amides is 1. The van der Waals surface area contributed by atoms with Crippen LogP contribution in [0.2, 0.25) is 0 Å². The van der Waals surface area contributed by atoms with Gasteiger partial charge in [0.1, 0.15) is 17.3 Å². The number of sulfonamides is 1. The van der Waals surface area contributed by atoms with Crippen LogP contribution in [-0.2, 0) is 10.0 Å². The van der Waals surface area contributed by atoms with Crippen LogP contribution in [0.25, 0.3) is 0 Å². The first kappa shape index (κ1) is 18.7. The number of fused-ring (bicyclic) bond motifs is 1. The number of hydrogen-bond acceptors (Lipinski definition) is 6. The van der Waals surface area contributed by atoms with Gasteiger partial charge < -0.3 is 14.8 Å². The van der Waals surface area contributed by atoms with Crippen LogP contribution in [0.3, 0.4) is 0 Å². The summed E-state index contributed by atoms with van der Waals surface area (Å²) in [4.78, 5) is 16.8. The molecule has 0 fully saturated rings. The zero-order valence-electron chi connectivity index (χ0n) is 14.9. The number of amidine groups is 1. The third kappa shape index (κ3) is 4.03. The monoisotopic (exact) mass is 389 g/mol. The van der Waals surface area contributed by atoms with E-state index < -0.39 is 10.0 Å². The number of rotatable bonds is 6. The first-order valence-corrected chi connectivity index (χ1v) is 9.61. The van der Waals surface area contributed by atoms with Gasteiger partial charge in [0.2, 0.25) is 0 Å². The van der Waals surface area contributed by atoms with Gasteiger partial charge >= 0.3 is 0 Å². The van der Waals surface area contributed by atoms with Crippen molar-refractivity contribution in [2.75, 3.05) is 27.3 Å². The number of hydrogen-bond donors (Lipinski definition) is 2. The van der Waals surface area contributed by atoms with Gasteiger partial charge in [-0.3, -0.25) is 14.5 Å². The van der Waals surface area contributed by atoms with Crippen LogP contribution in [0.5, 0.6) is 11.5 Å². The van der Waals surface area contributed by atoms with E-state index in [-0.39, 0.29) is 29.7 Å². The molecule has 0 aromatic heterocycles. The quantitative estimate of drug-likeness (QED) is 0.722. The van der Waals surface area contributed by atoms with E-state index in [0.29, 0.717) is 22.6 Å². The topological polar surface area (TPSA) is 106 Å². The lowest BCUT2D eigenvalue weighted by molar-refractivity contribution is 0.0954. The fraction of sp³-hybridized carbons (Fsp3) is 0.222. The standard InChI is InChI=1S/C18H19N3O5S/c1-25-13-9-12(10-14(11-13)26-2)18(22)20-8-7-19-17-15-5-3-4-6-16(15)27(23,24)21-17/h3-6,9-11H,7-8H2,1-2H3,(H,19,21)(H,20,22).